The summed E-state index contributed by atoms with van der Waals surface area (Å²) in [5.74, 6) is 1.66. The monoisotopic (exact) mass is 343 g/mol. The molecule has 1 saturated heterocycles. The summed E-state index contributed by atoms with van der Waals surface area (Å²) in [4.78, 5) is 21.3. The molecule has 1 aliphatic heterocycles. The third kappa shape index (κ3) is 3.07. The topological polar surface area (TPSA) is 36.4 Å². The van der Waals surface area contributed by atoms with Crippen LogP contribution in [0.2, 0.25) is 5.02 Å². The molecule has 1 aromatic heterocycles. The third-order valence-electron chi connectivity index (χ3n) is 5.25. The van der Waals surface area contributed by atoms with E-state index in [9.17, 15) is 4.79 Å². The third-order valence-corrected chi connectivity index (χ3v) is 5.48. The molecule has 2 aromatic rings. The zero-order chi connectivity index (χ0) is 16.7. The van der Waals surface area contributed by atoms with E-state index in [2.05, 4.69) is 17.0 Å². The van der Waals surface area contributed by atoms with E-state index in [1.165, 1.54) is 0 Å². The number of hydrogen-bond donors (Lipinski definition) is 0. The van der Waals surface area contributed by atoms with Crippen LogP contribution in [0.5, 0.6) is 0 Å². The van der Waals surface area contributed by atoms with Crippen LogP contribution in [0, 0.1) is 5.92 Å². The minimum absolute atomic E-state index is 0.307. The fourth-order valence-electron chi connectivity index (χ4n) is 3.54. The minimum Gasteiger partial charge on any atom is -0.356 e. The van der Waals surface area contributed by atoms with E-state index >= 15 is 0 Å². The lowest BCUT2D eigenvalue weighted by Crippen LogP contribution is -2.46. The quantitative estimate of drug-likeness (QED) is 0.852. The Morgan fingerprint density at radius 3 is 2.62 bits per heavy atom. The highest BCUT2D eigenvalue weighted by Gasteiger charge is 2.35. The van der Waals surface area contributed by atoms with Gasteiger partial charge in [-0.3, -0.25) is 4.79 Å². The minimum atomic E-state index is 0.307. The number of piperidine rings is 1. The molecular formula is C19H22ClN3O. The molecule has 4 nitrogen and oxygen atoms in total. The number of fused-ring (bicyclic) bond motifs is 1. The van der Waals surface area contributed by atoms with Crippen LogP contribution in [0.1, 0.15) is 25.7 Å². The molecule has 1 aromatic carbocycles. The van der Waals surface area contributed by atoms with Crippen LogP contribution in [-0.4, -0.2) is 42.0 Å². The molecule has 0 radical (unpaired) electrons. The van der Waals surface area contributed by atoms with Gasteiger partial charge in [0.1, 0.15) is 5.82 Å². The van der Waals surface area contributed by atoms with Crippen molar-refractivity contribution >= 4 is 34.2 Å². The second-order valence-corrected chi connectivity index (χ2v) is 7.38. The Kier molecular flexibility index (Phi) is 4.09. The molecule has 1 aliphatic carbocycles. The Balaban J connectivity index is 1.43. The first-order valence-corrected chi connectivity index (χ1v) is 9.07. The number of aromatic nitrogens is 1. The van der Waals surface area contributed by atoms with Gasteiger partial charge in [-0.1, -0.05) is 11.6 Å². The maximum absolute atomic E-state index is 12.2. The molecule has 24 heavy (non-hydrogen) atoms. The van der Waals surface area contributed by atoms with Crippen molar-refractivity contribution in [3.8, 4) is 0 Å². The molecule has 4 rings (SSSR count). The normalized spacial score (nSPS) is 18.8. The van der Waals surface area contributed by atoms with Gasteiger partial charge in [-0.05, 0) is 56.0 Å². The molecular weight excluding hydrogens is 322 g/mol. The Labute approximate surface area is 147 Å². The van der Waals surface area contributed by atoms with E-state index in [1.807, 2.05) is 30.1 Å². The van der Waals surface area contributed by atoms with Gasteiger partial charge in [-0.2, -0.15) is 0 Å². The van der Waals surface area contributed by atoms with Gasteiger partial charge < -0.3 is 9.80 Å². The number of anilines is 1. The average molecular weight is 344 g/mol. The first kappa shape index (κ1) is 15.7. The van der Waals surface area contributed by atoms with Crippen molar-refractivity contribution in [3.63, 3.8) is 0 Å². The summed E-state index contributed by atoms with van der Waals surface area (Å²) in [6, 6.07) is 10.3. The summed E-state index contributed by atoms with van der Waals surface area (Å²) >= 11 is 6.03. The van der Waals surface area contributed by atoms with Gasteiger partial charge >= 0.3 is 0 Å². The predicted octanol–water partition coefficient (Wildman–Crippen LogP) is 3.73. The van der Waals surface area contributed by atoms with Gasteiger partial charge in [0.2, 0.25) is 5.91 Å². The van der Waals surface area contributed by atoms with Crippen molar-refractivity contribution in [1.82, 2.24) is 9.88 Å². The van der Waals surface area contributed by atoms with Crippen LogP contribution in [0.3, 0.4) is 0 Å². The second-order valence-electron chi connectivity index (χ2n) is 6.95. The zero-order valence-electron chi connectivity index (χ0n) is 13.9. The number of rotatable bonds is 3. The molecule has 1 saturated carbocycles. The van der Waals surface area contributed by atoms with E-state index in [4.69, 9.17) is 16.6 Å². The highest BCUT2D eigenvalue weighted by atomic mass is 35.5. The van der Waals surface area contributed by atoms with Crippen molar-refractivity contribution in [3.05, 3.63) is 35.4 Å². The lowest BCUT2D eigenvalue weighted by molar-refractivity contribution is -0.133. The summed E-state index contributed by atoms with van der Waals surface area (Å²) in [6.07, 6.45) is 4.17. The maximum Gasteiger partial charge on any atom is 0.225 e. The number of benzene rings is 1. The Morgan fingerprint density at radius 2 is 1.92 bits per heavy atom. The van der Waals surface area contributed by atoms with E-state index in [0.717, 1.165) is 60.5 Å². The van der Waals surface area contributed by atoms with Gasteiger partial charge in [0.25, 0.3) is 0 Å². The van der Waals surface area contributed by atoms with E-state index in [0.29, 0.717) is 17.9 Å². The number of hydrogen-bond acceptors (Lipinski definition) is 3. The molecule has 5 heteroatoms. The maximum atomic E-state index is 12.2. The van der Waals surface area contributed by atoms with Crippen LogP contribution in [0.15, 0.2) is 30.3 Å². The van der Waals surface area contributed by atoms with Crippen molar-refractivity contribution < 1.29 is 4.79 Å². The SMILES string of the molecule is CN(C(=O)C1CC1)C1CCN(c2ccc3cc(Cl)ccc3n2)CC1. The number of pyridine rings is 1. The van der Waals surface area contributed by atoms with Gasteiger partial charge in [0.15, 0.2) is 0 Å². The largest absolute Gasteiger partial charge is 0.356 e. The number of nitrogens with zero attached hydrogens (tertiary/aromatic N) is 3. The standard InChI is InChI=1S/C19H22ClN3O/c1-22(19(24)13-2-3-13)16-8-10-23(11-9-16)18-7-4-14-12-15(20)5-6-17(14)21-18/h4-7,12-13,16H,2-3,8-11H2,1H3. The molecule has 0 unspecified atom stereocenters. The summed E-state index contributed by atoms with van der Waals surface area (Å²) < 4.78 is 0. The van der Waals surface area contributed by atoms with Crippen molar-refractivity contribution in [1.29, 1.82) is 0 Å². The number of halogens is 1. The van der Waals surface area contributed by atoms with Gasteiger partial charge in [-0.25, -0.2) is 4.98 Å². The van der Waals surface area contributed by atoms with Gasteiger partial charge in [-0.15, -0.1) is 0 Å². The lowest BCUT2D eigenvalue weighted by atomic mass is 10.0. The van der Waals surface area contributed by atoms with Crippen molar-refractivity contribution in [2.75, 3.05) is 25.0 Å². The number of amides is 1. The fraction of sp³-hybridized carbons (Fsp3) is 0.474. The molecule has 2 fully saturated rings. The molecule has 1 amide bonds. The molecule has 0 bridgehead atoms. The first-order valence-electron chi connectivity index (χ1n) is 8.70. The van der Waals surface area contributed by atoms with Crippen LogP contribution < -0.4 is 4.90 Å². The van der Waals surface area contributed by atoms with Crippen LogP contribution in [0.4, 0.5) is 5.82 Å². The number of carbonyl (C=O) groups excluding carboxylic acids is 1. The van der Waals surface area contributed by atoms with E-state index in [1.54, 1.807) is 0 Å². The Morgan fingerprint density at radius 1 is 1.17 bits per heavy atom. The lowest BCUT2D eigenvalue weighted by Gasteiger charge is -2.37. The molecule has 2 aliphatic rings. The van der Waals surface area contributed by atoms with Gasteiger partial charge in [0, 0.05) is 42.5 Å². The van der Waals surface area contributed by atoms with Crippen LogP contribution in [0.25, 0.3) is 10.9 Å². The first-order chi connectivity index (χ1) is 11.6. The molecule has 0 N–H and O–H groups in total. The highest BCUT2D eigenvalue weighted by Crippen LogP contribution is 2.32. The summed E-state index contributed by atoms with van der Waals surface area (Å²) in [6.45, 7) is 1.89. The molecule has 2 heterocycles. The van der Waals surface area contributed by atoms with Crippen molar-refractivity contribution in [2.45, 2.75) is 31.7 Å². The summed E-state index contributed by atoms with van der Waals surface area (Å²) in [7, 11) is 1.97. The second kappa shape index (κ2) is 6.25. The van der Waals surface area contributed by atoms with Gasteiger partial charge in [0.05, 0.1) is 5.52 Å². The van der Waals surface area contributed by atoms with E-state index < -0.39 is 0 Å². The molecule has 0 spiro atoms. The molecule has 126 valence electrons. The summed E-state index contributed by atoms with van der Waals surface area (Å²) in [5, 5.41) is 1.80. The average Bonchev–Trinajstić information content (AvgIpc) is 3.45. The Bertz CT molecular complexity index is 766. The fourth-order valence-corrected chi connectivity index (χ4v) is 3.72. The number of carbonyl (C=O) groups is 1. The van der Waals surface area contributed by atoms with Crippen LogP contribution >= 0.6 is 11.6 Å². The Hall–Kier alpha value is -1.81. The smallest absolute Gasteiger partial charge is 0.225 e. The van der Waals surface area contributed by atoms with Crippen molar-refractivity contribution in [2.24, 2.45) is 5.92 Å². The van der Waals surface area contributed by atoms with Crippen LogP contribution in [-0.2, 0) is 4.79 Å². The zero-order valence-corrected chi connectivity index (χ0v) is 14.7. The molecule has 0 atom stereocenters. The predicted molar refractivity (Wildman–Crippen MR) is 97.5 cm³/mol. The van der Waals surface area contributed by atoms with E-state index in [-0.39, 0.29) is 0 Å². The highest BCUT2D eigenvalue weighted by molar-refractivity contribution is 6.31. The summed E-state index contributed by atoms with van der Waals surface area (Å²) in [5.41, 5.74) is 0.972.